The van der Waals surface area contributed by atoms with E-state index in [1.165, 1.54) is 18.2 Å². The van der Waals surface area contributed by atoms with Crippen molar-refractivity contribution in [1.82, 2.24) is 0 Å². The minimum absolute atomic E-state index is 0.0518. The average molecular weight is 289 g/mol. The molecule has 0 unspecified atom stereocenters. The number of benzene rings is 1. The highest BCUT2D eigenvalue weighted by Crippen LogP contribution is 2.22. The fourth-order valence-electron chi connectivity index (χ4n) is 0.955. The Hall–Kier alpha value is -1.93. The van der Waals surface area contributed by atoms with Crippen LogP contribution >= 0.6 is 12.6 Å². The maximum atomic E-state index is 10.2. The third-order valence-corrected chi connectivity index (χ3v) is 2.31. The van der Waals surface area contributed by atoms with Gasteiger partial charge < -0.3 is 26.2 Å². The van der Waals surface area contributed by atoms with E-state index in [1.54, 1.807) is 0 Å². The average Bonchev–Trinajstić information content (AvgIpc) is 2.33. The Morgan fingerprint density at radius 2 is 1.84 bits per heavy atom. The van der Waals surface area contributed by atoms with Crippen molar-refractivity contribution in [2.75, 3.05) is 5.75 Å². The van der Waals surface area contributed by atoms with E-state index in [2.05, 4.69) is 12.6 Å². The van der Waals surface area contributed by atoms with Gasteiger partial charge in [0.15, 0.2) is 0 Å². The normalized spacial score (nSPS) is 11.1. The minimum atomic E-state index is -1.05. The van der Waals surface area contributed by atoms with E-state index in [1.807, 2.05) is 0 Å². The summed E-state index contributed by atoms with van der Waals surface area (Å²) in [5.41, 5.74) is 5.15. The van der Waals surface area contributed by atoms with E-state index in [0.29, 0.717) is 0 Å². The zero-order valence-corrected chi connectivity index (χ0v) is 10.7. The first kappa shape index (κ1) is 17.1. The minimum Gasteiger partial charge on any atom is -0.508 e. The highest BCUT2D eigenvalue weighted by molar-refractivity contribution is 7.80. The first-order valence-electron chi connectivity index (χ1n) is 5.09. The Morgan fingerprint density at radius 3 is 2.21 bits per heavy atom. The highest BCUT2D eigenvalue weighted by Gasteiger charge is 2.06. The summed E-state index contributed by atoms with van der Waals surface area (Å²) in [4.78, 5) is 20.0. The second-order valence-corrected chi connectivity index (χ2v) is 3.88. The van der Waals surface area contributed by atoms with E-state index in [9.17, 15) is 9.59 Å². The number of phenolic OH excluding ortho intramolecular Hbond substituents is 2. The van der Waals surface area contributed by atoms with E-state index < -0.39 is 18.0 Å². The zero-order valence-electron chi connectivity index (χ0n) is 9.85. The maximum Gasteiger partial charge on any atom is 0.321 e. The number of nitrogens with two attached hydrogens (primary N) is 1. The summed E-state index contributed by atoms with van der Waals surface area (Å²) in [7, 11) is 0. The summed E-state index contributed by atoms with van der Waals surface area (Å²) in [6, 6.07) is 2.96. The molecule has 6 N–H and O–H groups in total. The van der Waals surface area contributed by atoms with Gasteiger partial charge in [0.05, 0.1) is 6.42 Å². The van der Waals surface area contributed by atoms with Gasteiger partial charge >= 0.3 is 11.9 Å². The second-order valence-electron chi connectivity index (χ2n) is 3.51. The molecule has 0 saturated heterocycles. The largest absolute Gasteiger partial charge is 0.508 e. The fourth-order valence-corrected chi connectivity index (χ4v) is 1.11. The van der Waals surface area contributed by atoms with Crippen molar-refractivity contribution in [3.8, 4) is 11.5 Å². The van der Waals surface area contributed by atoms with Crippen LogP contribution in [0.2, 0.25) is 0 Å². The summed E-state index contributed by atoms with van der Waals surface area (Å²) >= 11 is 3.65. The number of carboxylic acids is 2. The maximum absolute atomic E-state index is 10.2. The third kappa shape index (κ3) is 7.17. The summed E-state index contributed by atoms with van der Waals surface area (Å²) in [5, 5.41) is 34.5. The molecule has 0 saturated carbocycles. The van der Waals surface area contributed by atoms with E-state index in [0.717, 1.165) is 0 Å². The lowest BCUT2D eigenvalue weighted by atomic mass is 10.1. The van der Waals surface area contributed by atoms with Crippen molar-refractivity contribution < 1.29 is 30.0 Å². The fraction of sp³-hybridized carbons (Fsp3) is 0.273. The molecule has 0 fully saturated rings. The molecular weight excluding hydrogens is 274 g/mol. The second kappa shape index (κ2) is 8.22. The van der Waals surface area contributed by atoms with Crippen molar-refractivity contribution in [1.29, 1.82) is 0 Å². The van der Waals surface area contributed by atoms with Gasteiger partial charge in [0, 0.05) is 11.3 Å². The van der Waals surface area contributed by atoms with E-state index in [4.69, 9.17) is 26.2 Å². The first-order chi connectivity index (χ1) is 8.77. The molecule has 0 aliphatic carbocycles. The molecule has 106 valence electrons. The molecular formula is C11H15NO6S. The van der Waals surface area contributed by atoms with Crippen LogP contribution in [-0.2, 0) is 16.0 Å². The van der Waals surface area contributed by atoms with Gasteiger partial charge in [0.1, 0.15) is 17.5 Å². The molecule has 0 aromatic heterocycles. The lowest BCUT2D eigenvalue weighted by Crippen LogP contribution is -2.31. The molecule has 0 amide bonds. The number of rotatable bonds is 4. The molecule has 1 aromatic carbocycles. The Bertz CT molecular complexity index is 451. The predicted molar refractivity (Wildman–Crippen MR) is 70.6 cm³/mol. The summed E-state index contributed by atoms with van der Waals surface area (Å²) in [6.07, 6.45) is -0.291. The number of aliphatic carboxylic acids is 2. The zero-order chi connectivity index (χ0) is 15.0. The van der Waals surface area contributed by atoms with Crippen LogP contribution in [0.15, 0.2) is 18.2 Å². The van der Waals surface area contributed by atoms with Gasteiger partial charge in [0.25, 0.3) is 0 Å². The van der Waals surface area contributed by atoms with Crippen LogP contribution in [0.3, 0.4) is 0 Å². The quantitative estimate of drug-likeness (QED) is 0.340. The third-order valence-electron chi connectivity index (χ3n) is 1.92. The molecule has 0 aliphatic heterocycles. The molecule has 1 rings (SSSR count). The molecule has 1 aromatic rings. The van der Waals surface area contributed by atoms with Gasteiger partial charge in [-0.15, -0.1) is 0 Å². The van der Waals surface area contributed by atoms with Crippen LogP contribution in [0.4, 0.5) is 0 Å². The van der Waals surface area contributed by atoms with Crippen LogP contribution in [-0.4, -0.2) is 44.2 Å². The topological polar surface area (TPSA) is 141 Å². The smallest absolute Gasteiger partial charge is 0.321 e. The Kier molecular flexibility index (Phi) is 7.39. The number of thiol groups is 1. The number of aromatic hydroxyl groups is 2. The van der Waals surface area contributed by atoms with Crippen molar-refractivity contribution in [3.05, 3.63) is 23.8 Å². The van der Waals surface area contributed by atoms with Gasteiger partial charge in [0.2, 0.25) is 0 Å². The number of hydrogen-bond acceptors (Lipinski definition) is 6. The molecule has 7 nitrogen and oxygen atoms in total. The Balaban J connectivity index is 0.000000399. The predicted octanol–water partition coefficient (Wildman–Crippen LogP) is 0.0530. The molecule has 0 radical (unpaired) electrons. The Morgan fingerprint density at radius 1 is 1.26 bits per heavy atom. The van der Waals surface area contributed by atoms with Gasteiger partial charge in [-0.05, 0) is 18.2 Å². The molecule has 8 heteroatoms. The standard InChI is InChI=1S/C8H8O4.C3H7NO2S/c9-6-1-2-7(10)5(3-6)4-8(11)12;4-2(1-7)3(5)6/h1-3,9-10H,4H2,(H,11,12);2,7H,1,4H2,(H,5,6)/t;2-/m.0/s1. The van der Waals surface area contributed by atoms with E-state index >= 15 is 0 Å². The molecule has 0 heterocycles. The van der Waals surface area contributed by atoms with Crippen LogP contribution in [0.25, 0.3) is 0 Å². The molecule has 1 atom stereocenters. The van der Waals surface area contributed by atoms with Crippen LogP contribution in [0.1, 0.15) is 5.56 Å². The summed E-state index contributed by atoms with van der Waals surface area (Å²) < 4.78 is 0. The summed E-state index contributed by atoms with van der Waals surface area (Å²) in [6.45, 7) is 0. The van der Waals surface area contributed by atoms with E-state index in [-0.39, 0.29) is 29.2 Å². The van der Waals surface area contributed by atoms with Crippen LogP contribution in [0, 0.1) is 0 Å². The van der Waals surface area contributed by atoms with Crippen molar-refractivity contribution in [2.24, 2.45) is 5.73 Å². The highest BCUT2D eigenvalue weighted by atomic mass is 32.1. The van der Waals surface area contributed by atoms with Crippen LogP contribution in [0.5, 0.6) is 11.5 Å². The molecule has 0 spiro atoms. The van der Waals surface area contributed by atoms with Crippen molar-refractivity contribution in [3.63, 3.8) is 0 Å². The lowest BCUT2D eigenvalue weighted by molar-refractivity contribution is -0.138. The molecule has 0 bridgehead atoms. The lowest BCUT2D eigenvalue weighted by Gasteiger charge is -2.00. The van der Waals surface area contributed by atoms with Crippen LogP contribution < -0.4 is 5.73 Å². The van der Waals surface area contributed by atoms with Crippen molar-refractivity contribution >= 4 is 24.6 Å². The van der Waals surface area contributed by atoms with Gasteiger partial charge in [-0.25, -0.2) is 0 Å². The molecule has 19 heavy (non-hydrogen) atoms. The number of carbonyl (C=O) groups is 2. The SMILES string of the molecule is N[C@@H](CS)C(=O)O.O=C(O)Cc1cc(O)ccc1O. The first-order valence-corrected chi connectivity index (χ1v) is 5.73. The summed E-state index contributed by atoms with van der Waals surface area (Å²) in [5.74, 6) is -2.03. The molecule has 0 aliphatic rings. The van der Waals surface area contributed by atoms with Crippen molar-refractivity contribution in [2.45, 2.75) is 12.5 Å². The van der Waals surface area contributed by atoms with Gasteiger partial charge in [-0.2, -0.15) is 12.6 Å². The van der Waals surface area contributed by atoms with Gasteiger partial charge in [-0.1, -0.05) is 0 Å². The number of hydrogen-bond donors (Lipinski definition) is 6. The number of phenols is 2. The Labute approximate surface area is 114 Å². The number of carboxylic acid groups (broad SMARTS) is 2. The monoisotopic (exact) mass is 289 g/mol. The van der Waals surface area contributed by atoms with Gasteiger partial charge in [-0.3, -0.25) is 9.59 Å².